The first-order chi connectivity index (χ1) is 13.5. The van der Waals surface area contributed by atoms with Crippen molar-refractivity contribution in [2.75, 3.05) is 7.05 Å². The summed E-state index contributed by atoms with van der Waals surface area (Å²) in [5.41, 5.74) is 0. The zero-order valence-corrected chi connectivity index (χ0v) is 19.4. The summed E-state index contributed by atoms with van der Waals surface area (Å²) in [6, 6.07) is 8.45. The molecule has 2 aliphatic rings. The van der Waals surface area contributed by atoms with E-state index in [0.29, 0.717) is 4.90 Å². The van der Waals surface area contributed by atoms with E-state index in [1.807, 2.05) is 18.2 Å². The van der Waals surface area contributed by atoms with Crippen molar-refractivity contribution in [1.82, 2.24) is 4.72 Å². The van der Waals surface area contributed by atoms with E-state index in [1.165, 1.54) is 0 Å². The number of hydrogen-bond acceptors (Lipinski definition) is 5. The Morgan fingerprint density at radius 3 is 2.14 bits per heavy atom. The molecule has 29 heavy (non-hydrogen) atoms. The summed E-state index contributed by atoms with van der Waals surface area (Å²) in [7, 11) is -5.01. The molecule has 2 aliphatic carbocycles. The van der Waals surface area contributed by atoms with Gasteiger partial charge in [0.25, 0.3) is 0 Å². The summed E-state index contributed by atoms with van der Waals surface area (Å²) in [4.78, 5) is 0.605. The lowest BCUT2D eigenvalue weighted by Crippen LogP contribution is -2.51. The zero-order valence-electron chi connectivity index (χ0n) is 17.7. The number of nitrogens with zero attached hydrogens (tertiary/aromatic N) is 1. The third-order valence-electron chi connectivity index (χ3n) is 6.53. The van der Waals surface area contributed by atoms with E-state index >= 15 is 0 Å². The normalized spacial score (nSPS) is 32.8. The van der Waals surface area contributed by atoms with Crippen molar-refractivity contribution >= 4 is 19.8 Å². The van der Waals surface area contributed by atoms with Gasteiger partial charge < -0.3 is 5.11 Å². The maximum Gasteiger partial charge on any atom is 0.216 e. The fourth-order valence-corrected chi connectivity index (χ4v) is 8.57. The Morgan fingerprint density at radius 1 is 1.00 bits per heavy atom. The first-order valence-electron chi connectivity index (χ1n) is 10.4. The van der Waals surface area contributed by atoms with Crippen LogP contribution in [0.2, 0.25) is 0 Å². The molecule has 0 aromatic heterocycles. The van der Waals surface area contributed by atoms with E-state index in [9.17, 15) is 17.7 Å². The van der Waals surface area contributed by atoms with Crippen molar-refractivity contribution in [1.29, 1.82) is 0 Å². The molecule has 2 N–H and O–H groups in total. The average Bonchev–Trinajstić information content (AvgIpc) is 2.81. The van der Waals surface area contributed by atoms with Crippen LogP contribution < -0.4 is 4.72 Å². The van der Waals surface area contributed by atoms with Crippen LogP contribution in [0.25, 0.3) is 0 Å². The Bertz CT molecular complexity index is 931. The van der Waals surface area contributed by atoms with Crippen LogP contribution in [0.1, 0.15) is 52.9 Å². The first kappa shape index (κ1) is 22.7. The van der Waals surface area contributed by atoms with E-state index in [0.717, 1.165) is 32.1 Å². The topological polar surface area (TPSA) is 95.8 Å². The number of sulfonamides is 1. The molecule has 0 bridgehead atoms. The van der Waals surface area contributed by atoms with Gasteiger partial charge in [-0.2, -0.15) is 0 Å². The molecule has 0 unspecified atom stereocenters. The van der Waals surface area contributed by atoms with Gasteiger partial charge in [0, 0.05) is 11.9 Å². The Balaban J connectivity index is 2.07. The van der Waals surface area contributed by atoms with Gasteiger partial charge in [0.1, 0.15) is 0 Å². The van der Waals surface area contributed by atoms with Crippen LogP contribution in [0.4, 0.5) is 0 Å². The van der Waals surface area contributed by atoms with Gasteiger partial charge in [-0.3, -0.25) is 0 Å². The molecule has 0 spiro atoms. The molecule has 6 nitrogen and oxygen atoms in total. The number of benzene rings is 1. The second-order valence-electron chi connectivity index (χ2n) is 9.24. The van der Waals surface area contributed by atoms with Crippen LogP contribution in [-0.4, -0.2) is 46.9 Å². The molecule has 2 saturated carbocycles. The zero-order chi connectivity index (χ0) is 21.4. The minimum atomic E-state index is -3.65. The van der Waals surface area contributed by atoms with Gasteiger partial charge in [0.15, 0.2) is 0 Å². The summed E-state index contributed by atoms with van der Waals surface area (Å²) < 4.78 is 46.1. The lowest BCUT2D eigenvalue weighted by Gasteiger charge is -2.29. The van der Waals surface area contributed by atoms with E-state index in [1.54, 1.807) is 40.0 Å². The van der Waals surface area contributed by atoms with Crippen LogP contribution in [0.3, 0.4) is 0 Å². The Kier molecular flexibility index (Phi) is 6.49. The maximum absolute atomic E-state index is 14.1. The Hall–Kier alpha value is -0.960. The molecule has 0 amide bonds. The van der Waals surface area contributed by atoms with E-state index in [4.69, 9.17) is 0 Å². The molecule has 0 heterocycles. The number of rotatable bonds is 4. The van der Waals surface area contributed by atoms with Crippen LogP contribution >= 0.6 is 0 Å². The molecule has 164 valence electrons. The van der Waals surface area contributed by atoms with Gasteiger partial charge in [-0.25, -0.2) is 21.7 Å². The van der Waals surface area contributed by atoms with Crippen molar-refractivity contribution < 1.29 is 17.7 Å². The number of nitrogens with one attached hydrogen (secondary N) is 1. The molecule has 8 heteroatoms. The van der Waals surface area contributed by atoms with Crippen molar-refractivity contribution in [2.45, 2.75) is 79.9 Å². The van der Waals surface area contributed by atoms with Crippen molar-refractivity contribution in [3.05, 3.63) is 30.3 Å². The summed E-state index contributed by atoms with van der Waals surface area (Å²) in [6.45, 7) is 4.94. The smallest absolute Gasteiger partial charge is 0.216 e. The molecular weight excluding hydrogens is 408 g/mol. The first-order valence-corrected chi connectivity index (χ1v) is 13.5. The minimum Gasteiger partial charge on any atom is -0.390 e. The summed E-state index contributed by atoms with van der Waals surface area (Å²) >= 11 is 0. The maximum atomic E-state index is 14.1. The molecule has 6 atom stereocenters. The third kappa shape index (κ3) is 4.13. The van der Waals surface area contributed by atoms with Gasteiger partial charge >= 0.3 is 0 Å². The lowest BCUT2D eigenvalue weighted by atomic mass is 9.89. The highest BCUT2D eigenvalue weighted by molar-refractivity contribution is 7.94. The van der Waals surface area contributed by atoms with E-state index < -0.39 is 41.9 Å². The van der Waals surface area contributed by atoms with Crippen LogP contribution in [0.5, 0.6) is 0 Å². The van der Waals surface area contributed by atoms with Gasteiger partial charge in [0.05, 0.1) is 31.9 Å². The lowest BCUT2D eigenvalue weighted by molar-refractivity contribution is 0.148. The predicted octanol–water partition coefficient (Wildman–Crippen LogP) is 3.17. The number of aliphatic hydroxyl groups excluding tert-OH is 1. The van der Waals surface area contributed by atoms with E-state index in [-0.39, 0.29) is 11.8 Å². The quantitative estimate of drug-likeness (QED) is 0.749. The van der Waals surface area contributed by atoms with Gasteiger partial charge in [0.2, 0.25) is 10.0 Å². The van der Waals surface area contributed by atoms with Crippen LogP contribution in [0.15, 0.2) is 39.6 Å². The van der Waals surface area contributed by atoms with Crippen LogP contribution in [0, 0.1) is 11.8 Å². The molecule has 3 rings (SSSR count). The molecule has 0 radical (unpaired) electrons. The van der Waals surface area contributed by atoms with Gasteiger partial charge in [-0.05, 0) is 57.6 Å². The minimum absolute atomic E-state index is 0.0309. The van der Waals surface area contributed by atoms with Crippen molar-refractivity contribution in [2.24, 2.45) is 16.2 Å². The second kappa shape index (κ2) is 8.29. The summed E-state index contributed by atoms with van der Waals surface area (Å²) in [5, 5.41) is 10.8. The van der Waals surface area contributed by atoms with Gasteiger partial charge in [-0.1, -0.05) is 37.5 Å². The number of fused-ring (bicyclic) bond motifs is 1. The fourth-order valence-electron chi connectivity index (χ4n) is 4.87. The highest BCUT2D eigenvalue weighted by Gasteiger charge is 2.55. The fraction of sp³-hybridized carbons (Fsp3) is 0.714. The average molecular weight is 443 g/mol. The summed E-state index contributed by atoms with van der Waals surface area (Å²) in [6.07, 6.45) is 3.67. The molecule has 2 fully saturated rings. The van der Waals surface area contributed by atoms with Gasteiger partial charge in [-0.15, -0.1) is 0 Å². The molecule has 1 aromatic rings. The standard InChI is InChI=1S/C21H34N2O4S2/c1-21(2,3)29(26,27)23-18-16-13-9-6-10-14-17(16)20(19(18)24)28(25,22-4)15-11-7-5-8-12-15/h5,7-8,11-12,16-20,23-24H,6,9-10,13-14H2,1-4H3/t16-,17+,18+,19-,20-,28-/m1/s1. The van der Waals surface area contributed by atoms with Crippen molar-refractivity contribution in [3.8, 4) is 0 Å². The summed E-state index contributed by atoms with van der Waals surface area (Å²) in [5.74, 6) is -0.0718. The monoisotopic (exact) mass is 442 g/mol. The highest BCUT2D eigenvalue weighted by Crippen LogP contribution is 2.47. The number of aliphatic hydroxyl groups is 1. The second-order valence-corrected chi connectivity index (χ2v) is 14.2. The third-order valence-corrected chi connectivity index (χ3v) is 11.6. The van der Waals surface area contributed by atoms with E-state index in [2.05, 4.69) is 9.08 Å². The van der Waals surface area contributed by atoms with Crippen molar-refractivity contribution in [3.63, 3.8) is 0 Å². The highest BCUT2D eigenvalue weighted by atomic mass is 32.2. The molecule has 0 aliphatic heterocycles. The molecular formula is C21H34N2O4S2. The molecule has 0 saturated heterocycles. The molecule has 1 aromatic carbocycles. The largest absolute Gasteiger partial charge is 0.390 e. The number of hydrogen-bond donors (Lipinski definition) is 2. The van der Waals surface area contributed by atoms with Crippen LogP contribution in [-0.2, 0) is 19.8 Å². The Morgan fingerprint density at radius 2 is 1.59 bits per heavy atom. The predicted molar refractivity (Wildman–Crippen MR) is 117 cm³/mol. The Labute approximate surface area is 175 Å². The SMILES string of the molecule is CN=[S@@](=O)(c1ccccc1)[C@H]1[C@H](O)[C@@H](NS(=O)(=O)C(C)(C)C)[C@@H]2CCCCC[C@@H]21.